The maximum Gasteiger partial charge on any atom is 0.150 e. The van der Waals surface area contributed by atoms with Gasteiger partial charge in [-0.1, -0.05) is 13.8 Å². The Morgan fingerprint density at radius 2 is 2.00 bits per heavy atom. The molecule has 0 aliphatic carbocycles. The lowest BCUT2D eigenvalue weighted by molar-refractivity contribution is 0.162. The molecular weight excluding hydrogens is 226 g/mol. The second kappa shape index (κ2) is 8.96. The third-order valence-electron chi connectivity index (χ3n) is 2.50. The normalized spacial score (nSPS) is 13.9. The first-order chi connectivity index (χ1) is 7.55. The molecule has 5 heteroatoms. The molecule has 0 aliphatic heterocycles. The molecule has 0 saturated carbocycles. The number of rotatable bonds is 10. The van der Waals surface area contributed by atoms with Crippen molar-refractivity contribution in [3.05, 3.63) is 0 Å². The Kier molecular flexibility index (Phi) is 8.89. The Balaban J connectivity index is 3.83. The van der Waals surface area contributed by atoms with Crippen molar-refractivity contribution in [1.82, 2.24) is 5.32 Å². The van der Waals surface area contributed by atoms with Crippen LogP contribution < -0.4 is 5.32 Å². The minimum atomic E-state index is -2.82. The first-order valence-corrected chi connectivity index (χ1v) is 7.80. The van der Waals surface area contributed by atoms with Gasteiger partial charge in [0.15, 0.2) is 0 Å². The average Bonchev–Trinajstić information content (AvgIpc) is 2.25. The van der Waals surface area contributed by atoms with Crippen LogP contribution in [0.2, 0.25) is 0 Å². The molecule has 4 nitrogen and oxygen atoms in total. The van der Waals surface area contributed by atoms with E-state index in [1.54, 1.807) is 14.0 Å². The molecule has 1 unspecified atom stereocenters. The molecule has 0 aromatic carbocycles. The molecule has 1 atom stereocenters. The van der Waals surface area contributed by atoms with Crippen LogP contribution in [-0.2, 0) is 14.6 Å². The highest BCUT2D eigenvalue weighted by atomic mass is 32.2. The van der Waals surface area contributed by atoms with Crippen molar-refractivity contribution >= 4 is 9.84 Å². The topological polar surface area (TPSA) is 55.4 Å². The number of methoxy groups -OCH3 is 1. The summed E-state index contributed by atoms with van der Waals surface area (Å²) in [7, 11) is -1.15. The number of hydrogen-bond donors (Lipinski definition) is 1. The standard InChI is InChI=1S/C11H25NO3S/c1-4-8-12-11(10-15-3)7-6-9-16(13,14)5-2/h11-12H,4-10H2,1-3H3. The highest BCUT2D eigenvalue weighted by Crippen LogP contribution is 2.02. The zero-order valence-electron chi connectivity index (χ0n) is 10.7. The van der Waals surface area contributed by atoms with Gasteiger partial charge < -0.3 is 10.1 Å². The molecule has 0 saturated heterocycles. The van der Waals surface area contributed by atoms with Gasteiger partial charge in [0, 0.05) is 18.9 Å². The number of hydrogen-bond acceptors (Lipinski definition) is 4. The van der Waals surface area contributed by atoms with Crippen molar-refractivity contribution in [2.75, 3.05) is 31.8 Å². The van der Waals surface area contributed by atoms with E-state index in [1.807, 2.05) is 0 Å². The highest BCUT2D eigenvalue weighted by molar-refractivity contribution is 7.91. The minimum absolute atomic E-state index is 0.240. The molecule has 1 N–H and O–H groups in total. The average molecular weight is 251 g/mol. The molecule has 0 aliphatic rings. The van der Waals surface area contributed by atoms with Crippen LogP contribution in [0.4, 0.5) is 0 Å². The van der Waals surface area contributed by atoms with Gasteiger partial charge in [-0.05, 0) is 25.8 Å². The monoisotopic (exact) mass is 251 g/mol. The molecule has 0 aromatic heterocycles. The Labute approximate surface area is 99.7 Å². The maximum atomic E-state index is 11.3. The van der Waals surface area contributed by atoms with Gasteiger partial charge in [0.1, 0.15) is 9.84 Å². The summed E-state index contributed by atoms with van der Waals surface area (Å²) in [5.41, 5.74) is 0. The van der Waals surface area contributed by atoms with Gasteiger partial charge in [-0.15, -0.1) is 0 Å². The van der Waals surface area contributed by atoms with E-state index in [0.717, 1.165) is 19.4 Å². The van der Waals surface area contributed by atoms with Gasteiger partial charge in [-0.25, -0.2) is 8.42 Å². The van der Waals surface area contributed by atoms with Crippen LogP contribution in [0, 0.1) is 0 Å². The Morgan fingerprint density at radius 1 is 1.31 bits per heavy atom. The van der Waals surface area contributed by atoms with E-state index in [4.69, 9.17) is 4.74 Å². The summed E-state index contributed by atoms with van der Waals surface area (Å²) in [5, 5.41) is 3.35. The van der Waals surface area contributed by atoms with E-state index in [0.29, 0.717) is 13.0 Å². The smallest absolute Gasteiger partial charge is 0.150 e. The fraction of sp³-hybridized carbons (Fsp3) is 1.00. The zero-order valence-corrected chi connectivity index (χ0v) is 11.5. The number of ether oxygens (including phenoxy) is 1. The van der Waals surface area contributed by atoms with E-state index in [1.165, 1.54) is 0 Å². The predicted molar refractivity (Wildman–Crippen MR) is 67.5 cm³/mol. The quantitative estimate of drug-likeness (QED) is 0.634. The summed E-state index contributed by atoms with van der Waals surface area (Å²) in [6, 6.07) is 0.275. The molecular formula is C11H25NO3S. The van der Waals surface area contributed by atoms with Crippen LogP contribution >= 0.6 is 0 Å². The first-order valence-electron chi connectivity index (χ1n) is 5.98. The van der Waals surface area contributed by atoms with Crippen LogP contribution in [-0.4, -0.2) is 46.2 Å². The van der Waals surface area contributed by atoms with Gasteiger partial charge in [0.05, 0.1) is 12.4 Å². The highest BCUT2D eigenvalue weighted by Gasteiger charge is 2.11. The van der Waals surface area contributed by atoms with E-state index in [-0.39, 0.29) is 17.5 Å². The Morgan fingerprint density at radius 3 is 2.50 bits per heavy atom. The lowest BCUT2D eigenvalue weighted by Crippen LogP contribution is -2.34. The van der Waals surface area contributed by atoms with E-state index in [2.05, 4.69) is 12.2 Å². The number of nitrogens with one attached hydrogen (secondary N) is 1. The SMILES string of the molecule is CCCNC(CCCS(=O)(=O)CC)COC. The summed E-state index contributed by atoms with van der Waals surface area (Å²) in [6.07, 6.45) is 2.64. The van der Waals surface area contributed by atoms with Gasteiger partial charge >= 0.3 is 0 Å². The zero-order chi connectivity index (χ0) is 12.4. The summed E-state index contributed by atoms with van der Waals surface area (Å²) in [6.45, 7) is 5.40. The van der Waals surface area contributed by atoms with Gasteiger partial charge in [-0.2, -0.15) is 0 Å². The minimum Gasteiger partial charge on any atom is -0.383 e. The summed E-state index contributed by atoms with van der Waals surface area (Å²) >= 11 is 0. The molecule has 98 valence electrons. The summed E-state index contributed by atoms with van der Waals surface area (Å²) in [5.74, 6) is 0.530. The lowest BCUT2D eigenvalue weighted by Gasteiger charge is -2.17. The molecule has 0 rings (SSSR count). The molecule has 0 amide bonds. The fourth-order valence-corrected chi connectivity index (χ4v) is 2.38. The van der Waals surface area contributed by atoms with Gasteiger partial charge in [0.25, 0.3) is 0 Å². The Bertz CT molecular complexity index is 252. The van der Waals surface area contributed by atoms with Crippen molar-refractivity contribution in [2.24, 2.45) is 0 Å². The first kappa shape index (κ1) is 15.9. The van der Waals surface area contributed by atoms with Crippen molar-refractivity contribution in [1.29, 1.82) is 0 Å². The Hall–Kier alpha value is -0.130. The van der Waals surface area contributed by atoms with Crippen LogP contribution in [0.5, 0.6) is 0 Å². The van der Waals surface area contributed by atoms with Gasteiger partial charge in [-0.3, -0.25) is 0 Å². The molecule has 0 aromatic rings. The predicted octanol–water partition coefficient (Wildman–Crippen LogP) is 1.22. The molecule has 16 heavy (non-hydrogen) atoms. The molecule has 0 spiro atoms. The number of sulfone groups is 1. The van der Waals surface area contributed by atoms with E-state index < -0.39 is 9.84 Å². The lowest BCUT2D eigenvalue weighted by atomic mass is 10.2. The van der Waals surface area contributed by atoms with Crippen molar-refractivity contribution < 1.29 is 13.2 Å². The van der Waals surface area contributed by atoms with Gasteiger partial charge in [0.2, 0.25) is 0 Å². The maximum absolute atomic E-state index is 11.3. The third-order valence-corrected chi connectivity index (χ3v) is 4.29. The fourth-order valence-electron chi connectivity index (χ4n) is 1.49. The van der Waals surface area contributed by atoms with Crippen molar-refractivity contribution in [3.63, 3.8) is 0 Å². The van der Waals surface area contributed by atoms with Crippen LogP contribution in [0.25, 0.3) is 0 Å². The van der Waals surface area contributed by atoms with Crippen LogP contribution in [0.3, 0.4) is 0 Å². The van der Waals surface area contributed by atoms with Crippen LogP contribution in [0.15, 0.2) is 0 Å². The van der Waals surface area contributed by atoms with E-state index in [9.17, 15) is 8.42 Å². The molecule has 0 heterocycles. The summed E-state index contributed by atoms with van der Waals surface area (Å²) < 4.78 is 27.7. The largest absolute Gasteiger partial charge is 0.383 e. The van der Waals surface area contributed by atoms with Crippen molar-refractivity contribution in [3.8, 4) is 0 Å². The van der Waals surface area contributed by atoms with Crippen LogP contribution in [0.1, 0.15) is 33.1 Å². The van der Waals surface area contributed by atoms with E-state index >= 15 is 0 Å². The third kappa shape index (κ3) is 8.07. The second-order valence-corrected chi connectivity index (χ2v) is 6.46. The molecule has 0 bridgehead atoms. The molecule has 0 radical (unpaired) electrons. The summed E-state index contributed by atoms with van der Waals surface area (Å²) in [4.78, 5) is 0. The second-order valence-electron chi connectivity index (χ2n) is 3.98. The molecule has 0 fully saturated rings. The van der Waals surface area contributed by atoms with Crippen molar-refractivity contribution in [2.45, 2.75) is 39.2 Å².